The van der Waals surface area contributed by atoms with E-state index in [1.807, 2.05) is 26.0 Å². The number of halogens is 1. The molecule has 1 aliphatic rings. The molecule has 1 aromatic carbocycles. The van der Waals surface area contributed by atoms with E-state index < -0.39 is 0 Å². The zero-order valence-corrected chi connectivity index (χ0v) is 10.2. The van der Waals surface area contributed by atoms with Gasteiger partial charge in [-0.25, -0.2) is 0 Å². The van der Waals surface area contributed by atoms with Gasteiger partial charge in [0.05, 0.1) is 13.2 Å². The van der Waals surface area contributed by atoms with E-state index in [1.54, 1.807) is 0 Å². The Labute approximate surface area is 99.9 Å². The van der Waals surface area contributed by atoms with E-state index in [0.717, 1.165) is 16.9 Å². The van der Waals surface area contributed by atoms with Crippen molar-refractivity contribution in [1.29, 1.82) is 0 Å². The maximum Gasteiger partial charge on any atom is 0.189 e. The summed E-state index contributed by atoms with van der Waals surface area (Å²) in [4.78, 5) is 0. The molecular weight excluding hydrogens is 228 g/mol. The Kier molecular flexibility index (Phi) is 3.10. The highest BCUT2D eigenvalue weighted by Crippen LogP contribution is 2.38. The Morgan fingerprint density at radius 3 is 2.88 bits per heavy atom. The summed E-state index contributed by atoms with van der Waals surface area (Å²) in [6, 6.07) is 3.69. The van der Waals surface area contributed by atoms with E-state index in [1.165, 1.54) is 0 Å². The van der Waals surface area contributed by atoms with Crippen molar-refractivity contribution in [2.24, 2.45) is 0 Å². The highest BCUT2D eigenvalue weighted by atomic mass is 35.5. The Balaban J connectivity index is 2.55. The van der Waals surface area contributed by atoms with Gasteiger partial charge in [-0.3, -0.25) is 0 Å². The van der Waals surface area contributed by atoms with Crippen molar-refractivity contribution in [3.63, 3.8) is 0 Å². The Morgan fingerprint density at radius 1 is 1.44 bits per heavy atom. The lowest BCUT2D eigenvalue weighted by atomic mass is 9.84. The molecule has 0 saturated heterocycles. The lowest BCUT2D eigenvalue weighted by Gasteiger charge is -2.29. The number of ether oxygens (including phenoxy) is 2. The molecule has 0 amide bonds. The normalized spacial score (nSPS) is 15.5. The quantitative estimate of drug-likeness (QED) is 0.866. The molecule has 1 N–H and O–H groups in total. The molecule has 2 rings (SSSR count). The van der Waals surface area contributed by atoms with E-state index in [9.17, 15) is 5.11 Å². The average Bonchev–Trinajstić information content (AvgIpc) is 2.28. The number of aliphatic hydroxyl groups excluding tert-OH is 1. The first-order valence-corrected chi connectivity index (χ1v) is 5.57. The topological polar surface area (TPSA) is 38.7 Å². The van der Waals surface area contributed by atoms with Gasteiger partial charge in [0.15, 0.2) is 6.79 Å². The molecule has 0 fully saturated rings. The van der Waals surface area contributed by atoms with Gasteiger partial charge in [0.1, 0.15) is 5.75 Å². The summed E-state index contributed by atoms with van der Waals surface area (Å²) in [5.74, 6) is 0.801. The van der Waals surface area contributed by atoms with Crippen LogP contribution in [0.4, 0.5) is 0 Å². The largest absolute Gasteiger partial charge is 0.467 e. The third-order valence-electron chi connectivity index (χ3n) is 2.80. The van der Waals surface area contributed by atoms with Crippen LogP contribution in [0.2, 0.25) is 5.02 Å². The Bertz CT molecular complexity index is 401. The molecule has 0 unspecified atom stereocenters. The minimum absolute atomic E-state index is 0.0456. The molecule has 0 saturated carbocycles. The van der Waals surface area contributed by atoms with Gasteiger partial charge in [-0.05, 0) is 12.1 Å². The third-order valence-corrected chi connectivity index (χ3v) is 3.02. The smallest absolute Gasteiger partial charge is 0.189 e. The number of fused-ring (bicyclic) bond motifs is 1. The fourth-order valence-electron chi connectivity index (χ4n) is 1.77. The van der Waals surface area contributed by atoms with Gasteiger partial charge in [0.25, 0.3) is 0 Å². The van der Waals surface area contributed by atoms with Crippen molar-refractivity contribution < 1.29 is 14.6 Å². The van der Waals surface area contributed by atoms with E-state index in [4.69, 9.17) is 21.1 Å². The molecule has 16 heavy (non-hydrogen) atoms. The molecule has 0 spiro atoms. The first-order valence-electron chi connectivity index (χ1n) is 5.19. The van der Waals surface area contributed by atoms with Crippen LogP contribution in [0.1, 0.15) is 25.0 Å². The molecule has 1 aliphatic heterocycles. The second kappa shape index (κ2) is 4.24. The number of aliphatic hydroxyl groups is 1. The van der Waals surface area contributed by atoms with E-state index >= 15 is 0 Å². The third kappa shape index (κ3) is 2.03. The van der Waals surface area contributed by atoms with Crippen LogP contribution in [0.5, 0.6) is 5.75 Å². The number of rotatable bonds is 2. The minimum atomic E-state index is -0.369. The van der Waals surface area contributed by atoms with Crippen LogP contribution in [0.3, 0.4) is 0 Å². The molecule has 1 heterocycles. The summed E-state index contributed by atoms with van der Waals surface area (Å²) >= 11 is 6.05. The van der Waals surface area contributed by atoms with Crippen LogP contribution in [0, 0.1) is 0 Å². The molecule has 4 heteroatoms. The molecule has 3 nitrogen and oxygen atoms in total. The number of hydrogen-bond donors (Lipinski definition) is 1. The lowest BCUT2D eigenvalue weighted by molar-refractivity contribution is -0.0179. The minimum Gasteiger partial charge on any atom is -0.467 e. The van der Waals surface area contributed by atoms with E-state index in [2.05, 4.69) is 0 Å². The Morgan fingerprint density at radius 2 is 2.19 bits per heavy atom. The van der Waals surface area contributed by atoms with Gasteiger partial charge in [0, 0.05) is 21.6 Å². The first kappa shape index (κ1) is 11.7. The number of hydrogen-bond acceptors (Lipinski definition) is 3. The molecular formula is C12H15ClO3. The molecule has 0 bridgehead atoms. The second-order valence-electron chi connectivity index (χ2n) is 4.59. The molecule has 0 atom stereocenters. The van der Waals surface area contributed by atoms with Crippen LogP contribution < -0.4 is 4.74 Å². The predicted octanol–water partition coefficient (Wildman–Crippen LogP) is 2.48. The zero-order chi connectivity index (χ0) is 11.8. The maximum atomic E-state index is 9.41. The van der Waals surface area contributed by atoms with Crippen LogP contribution in [0.15, 0.2) is 12.1 Å². The van der Waals surface area contributed by atoms with Gasteiger partial charge < -0.3 is 14.6 Å². The summed E-state index contributed by atoms with van der Waals surface area (Å²) < 4.78 is 10.7. The second-order valence-corrected chi connectivity index (χ2v) is 5.03. The summed E-state index contributed by atoms with van der Waals surface area (Å²) in [7, 11) is 0. The highest BCUT2D eigenvalue weighted by molar-refractivity contribution is 6.30. The first-order chi connectivity index (χ1) is 7.54. The zero-order valence-electron chi connectivity index (χ0n) is 9.42. The SMILES string of the molecule is CC(C)(CO)c1cc(Cl)cc2c1OCOC2. The molecule has 88 valence electrons. The number of benzene rings is 1. The van der Waals surface area contributed by atoms with Crippen LogP contribution in [-0.4, -0.2) is 18.5 Å². The summed E-state index contributed by atoms with van der Waals surface area (Å²) in [5.41, 5.74) is 1.50. The van der Waals surface area contributed by atoms with Crippen molar-refractivity contribution >= 4 is 11.6 Å². The van der Waals surface area contributed by atoms with Gasteiger partial charge >= 0.3 is 0 Å². The van der Waals surface area contributed by atoms with Gasteiger partial charge in [-0.2, -0.15) is 0 Å². The molecule has 0 aliphatic carbocycles. The average molecular weight is 243 g/mol. The van der Waals surface area contributed by atoms with Crippen molar-refractivity contribution in [3.05, 3.63) is 28.3 Å². The molecule has 0 aromatic heterocycles. The van der Waals surface area contributed by atoms with Crippen LogP contribution in [-0.2, 0) is 16.8 Å². The van der Waals surface area contributed by atoms with Crippen LogP contribution in [0.25, 0.3) is 0 Å². The molecule has 0 radical (unpaired) electrons. The van der Waals surface area contributed by atoms with Gasteiger partial charge in [0.2, 0.25) is 0 Å². The van der Waals surface area contributed by atoms with Crippen molar-refractivity contribution in [2.45, 2.75) is 25.9 Å². The van der Waals surface area contributed by atoms with Crippen LogP contribution >= 0.6 is 11.6 Å². The maximum absolute atomic E-state index is 9.41. The Hall–Kier alpha value is -0.770. The highest BCUT2D eigenvalue weighted by Gasteiger charge is 2.27. The summed E-state index contributed by atoms with van der Waals surface area (Å²) in [6.45, 7) is 4.72. The lowest BCUT2D eigenvalue weighted by Crippen LogP contribution is -2.25. The van der Waals surface area contributed by atoms with Gasteiger partial charge in [-0.15, -0.1) is 0 Å². The molecule has 1 aromatic rings. The summed E-state index contributed by atoms with van der Waals surface area (Å²) in [5, 5.41) is 10.1. The van der Waals surface area contributed by atoms with Crippen molar-refractivity contribution in [2.75, 3.05) is 13.4 Å². The monoisotopic (exact) mass is 242 g/mol. The van der Waals surface area contributed by atoms with Crippen molar-refractivity contribution in [3.8, 4) is 5.75 Å². The van der Waals surface area contributed by atoms with Crippen molar-refractivity contribution in [1.82, 2.24) is 0 Å². The standard InChI is InChI=1S/C12H15ClO3/c1-12(2,6-14)10-4-9(13)3-8-5-15-7-16-11(8)10/h3-4,14H,5-7H2,1-2H3. The van der Waals surface area contributed by atoms with E-state index in [-0.39, 0.29) is 18.8 Å². The van der Waals surface area contributed by atoms with E-state index in [0.29, 0.717) is 11.6 Å². The summed E-state index contributed by atoms with van der Waals surface area (Å²) in [6.07, 6.45) is 0. The fourth-order valence-corrected chi connectivity index (χ4v) is 2.01. The van der Waals surface area contributed by atoms with Gasteiger partial charge in [-0.1, -0.05) is 25.4 Å². The fraction of sp³-hybridized carbons (Fsp3) is 0.500. The predicted molar refractivity (Wildman–Crippen MR) is 61.8 cm³/mol.